The Morgan fingerprint density at radius 2 is 1.86 bits per heavy atom. The molecule has 3 aromatic rings. The second-order valence-electron chi connectivity index (χ2n) is 6.68. The van der Waals surface area contributed by atoms with E-state index in [1.165, 1.54) is 16.2 Å². The van der Waals surface area contributed by atoms with Crippen LogP contribution in [0, 0.1) is 5.92 Å². The fourth-order valence-corrected chi connectivity index (χ4v) is 4.38. The lowest BCUT2D eigenvalue weighted by atomic mass is 10.1. The minimum atomic E-state index is -0.428. The zero-order valence-corrected chi connectivity index (χ0v) is 18.5. The van der Waals surface area contributed by atoms with Gasteiger partial charge in [-0.05, 0) is 36.4 Å². The van der Waals surface area contributed by atoms with Crippen LogP contribution in [0.5, 0.6) is 0 Å². The van der Waals surface area contributed by atoms with Crippen LogP contribution in [-0.4, -0.2) is 35.6 Å². The van der Waals surface area contributed by atoms with Gasteiger partial charge in [0.1, 0.15) is 5.01 Å². The number of halogens is 2. The first-order chi connectivity index (χ1) is 13.9. The molecule has 2 heterocycles. The van der Waals surface area contributed by atoms with Crippen molar-refractivity contribution in [1.29, 1.82) is 0 Å². The van der Waals surface area contributed by atoms with Gasteiger partial charge in [0.25, 0.3) is 0 Å². The predicted octanol–water partition coefficient (Wildman–Crippen LogP) is 4.64. The van der Waals surface area contributed by atoms with E-state index < -0.39 is 5.92 Å². The largest absolute Gasteiger partial charge is 0.312 e. The molecule has 1 aliphatic rings. The summed E-state index contributed by atoms with van der Waals surface area (Å²) in [7, 11) is 1.67. The second-order valence-corrected chi connectivity index (χ2v) is 8.98. The number of hydrogen-bond donors (Lipinski definition) is 0. The Morgan fingerprint density at radius 1 is 1.17 bits per heavy atom. The lowest BCUT2D eigenvalue weighted by Gasteiger charge is -2.19. The van der Waals surface area contributed by atoms with E-state index in [1.807, 2.05) is 24.3 Å². The number of anilines is 2. The van der Waals surface area contributed by atoms with Crippen LogP contribution in [0.25, 0.3) is 10.6 Å². The van der Waals surface area contributed by atoms with E-state index >= 15 is 0 Å². The summed E-state index contributed by atoms with van der Waals surface area (Å²) < 4.78 is 0.981. The number of nitrogens with zero attached hydrogens (tertiary/aromatic N) is 4. The van der Waals surface area contributed by atoms with E-state index in [9.17, 15) is 9.59 Å². The molecule has 29 heavy (non-hydrogen) atoms. The number of carbonyl (C=O) groups excluding carboxylic acids is 2. The first-order valence-electron chi connectivity index (χ1n) is 8.85. The van der Waals surface area contributed by atoms with Crippen LogP contribution in [0.2, 0.25) is 5.02 Å². The van der Waals surface area contributed by atoms with E-state index in [1.54, 1.807) is 36.2 Å². The first-order valence-corrected chi connectivity index (χ1v) is 10.8. The van der Waals surface area contributed by atoms with Crippen molar-refractivity contribution in [3.05, 3.63) is 58.0 Å². The SMILES string of the molecule is CN(C(=O)C1CC(=O)N(c2ccc(Cl)cc2)C1)c1nnc(-c2ccc(Br)cc2)s1. The molecule has 2 amide bonds. The molecule has 6 nitrogen and oxygen atoms in total. The molecule has 0 aliphatic carbocycles. The number of amides is 2. The lowest BCUT2D eigenvalue weighted by Crippen LogP contribution is -2.34. The van der Waals surface area contributed by atoms with Crippen molar-refractivity contribution in [1.82, 2.24) is 10.2 Å². The number of rotatable bonds is 4. The van der Waals surface area contributed by atoms with Gasteiger partial charge in [-0.15, -0.1) is 10.2 Å². The minimum Gasteiger partial charge on any atom is -0.312 e. The Labute approximate surface area is 185 Å². The Kier molecular flexibility index (Phi) is 5.67. The zero-order valence-electron chi connectivity index (χ0n) is 15.4. The second kappa shape index (κ2) is 8.22. The normalized spacial score (nSPS) is 16.3. The number of aromatic nitrogens is 2. The number of benzene rings is 2. The van der Waals surface area contributed by atoms with Crippen molar-refractivity contribution in [3.8, 4) is 10.6 Å². The summed E-state index contributed by atoms with van der Waals surface area (Å²) in [6.45, 7) is 0.335. The molecule has 9 heteroatoms. The maximum Gasteiger partial charge on any atom is 0.233 e. The molecule has 0 saturated carbocycles. The average molecular weight is 492 g/mol. The van der Waals surface area contributed by atoms with Crippen LogP contribution >= 0.6 is 38.9 Å². The molecular weight excluding hydrogens is 476 g/mol. The van der Waals surface area contributed by atoms with E-state index in [4.69, 9.17) is 11.6 Å². The Balaban J connectivity index is 1.47. The number of hydrogen-bond acceptors (Lipinski definition) is 5. The fourth-order valence-electron chi connectivity index (χ4n) is 3.17. The van der Waals surface area contributed by atoms with Gasteiger partial charge in [-0.3, -0.25) is 14.5 Å². The van der Waals surface area contributed by atoms with E-state index in [2.05, 4.69) is 26.1 Å². The molecule has 4 rings (SSSR count). The third kappa shape index (κ3) is 4.19. The van der Waals surface area contributed by atoms with Crippen LogP contribution in [0.1, 0.15) is 6.42 Å². The molecule has 2 aromatic carbocycles. The average Bonchev–Trinajstić information content (AvgIpc) is 3.35. The third-order valence-electron chi connectivity index (χ3n) is 4.74. The summed E-state index contributed by atoms with van der Waals surface area (Å²) in [5.74, 6) is -0.650. The predicted molar refractivity (Wildman–Crippen MR) is 118 cm³/mol. The molecule has 1 atom stereocenters. The summed E-state index contributed by atoms with van der Waals surface area (Å²) >= 11 is 10.7. The quantitative estimate of drug-likeness (QED) is 0.533. The molecule has 1 fully saturated rings. The third-order valence-corrected chi connectivity index (χ3v) is 6.57. The topological polar surface area (TPSA) is 66.4 Å². The van der Waals surface area contributed by atoms with Gasteiger partial charge in [0.2, 0.25) is 16.9 Å². The van der Waals surface area contributed by atoms with Crippen molar-refractivity contribution in [2.45, 2.75) is 6.42 Å². The van der Waals surface area contributed by atoms with Gasteiger partial charge >= 0.3 is 0 Å². The van der Waals surface area contributed by atoms with Crippen LogP contribution in [0.15, 0.2) is 53.0 Å². The maximum atomic E-state index is 13.0. The highest BCUT2D eigenvalue weighted by Gasteiger charge is 2.37. The molecule has 1 aliphatic heterocycles. The smallest absolute Gasteiger partial charge is 0.233 e. The van der Waals surface area contributed by atoms with E-state index in [-0.39, 0.29) is 18.2 Å². The summed E-state index contributed by atoms with van der Waals surface area (Å²) in [5.41, 5.74) is 1.67. The summed E-state index contributed by atoms with van der Waals surface area (Å²) in [4.78, 5) is 28.5. The molecule has 1 aromatic heterocycles. The van der Waals surface area contributed by atoms with Crippen LogP contribution in [-0.2, 0) is 9.59 Å². The van der Waals surface area contributed by atoms with Crippen molar-refractivity contribution in [2.24, 2.45) is 5.92 Å². The van der Waals surface area contributed by atoms with Crippen molar-refractivity contribution in [3.63, 3.8) is 0 Å². The molecule has 0 spiro atoms. The highest BCUT2D eigenvalue weighted by atomic mass is 79.9. The van der Waals surface area contributed by atoms with Gasteiger partial charge in [-0.2, -0.15) is 0 Å². The van der Waals surface area contributed by atoms with Gasteiger partial charge in [0.05, 0.1) is 5.92 Å². The Bertz CT molecular complexity index is 1060. The van der Waals surface area contributed by atoms with Crippen LogP contribution in [0.3, 0.4) is 0 Å². The molecule has 1 unspecified atom stereocenters. The van der Waals surface area contributed by atoms with Crippen LogP contribution in [0.4, 0.5) is 10.8 Å². The summed E-state index contributed by atoms with van der Waals surface area (Å²) in [5, 5.41) is 10.2. The summed E-state index contributed by atoms with van der Waals surface area (Å²) in [6, 6.07) is 14.8. The molecule has 0 radical (unpaired) electrons. The molecule has 1 saturated heterocycles. The Hall–Kier alpha value is -2.29. The highest BCUT2D eigenvalue weighted by Crippen LogP contribution is 2.32. The Morgan fingerprint density at radius 3 is 2.55 bits per heavy atom. The molecule has 0 bridgehead atoms. The lowest BCUT2D eigenvalue weighted by molar-refractivity contribution is -0.124. The van der Waals surface area contributed by atoms with E-state index in [0.717, 1.165) is 20.7 Å². The minimum absolute atomic E-state index is 0.0770. The van der Waals surface area contributed by atoms with Crippen LogP contribution < -0.4 is 9.80 Å². The highest BCUT2D eigenvalue weighted by molar-refractivity contribution is 9.10. The van der Waals surface area contributed by atoms with E-state index in [0.29, 0.717) is 16.7 Å². The van der Waals surface area contributed by atoms with Crippen molar-refractivity contribution in [2.75, 3.05) is 23.4 Å². The van der Waals surface area contributed by atoms with Crippen molar-refractivity contribution >= 4 is 61.5 Å². The number of carbonyl (C=O) groups is 2. The molecule has 0 N–H and O–H groups in total. The summed E-state index contributed by atoms with van der Waals surface area (Å²) in [6.07, 6.45) is 0.171. The monoisotopic (exact) mass is 490 g/mol. The van der Waals surface area contributed by atoms with Gasteiger partial charge in [-0.25, -0.2) is 0 Å². The molecular formula is C20H16BrClN4O2S. The van der Waals surface area contributed by atoms with Gasteiger partial charge < -0.3 is 4.90 Å². The first kappa shape index (κ1) is 20.0. The van der Waals surface area contributed by atoms with Gasteiger partial charge in [0, 0.05) is 40.8 Å². The van der Waals surface area contributed by atoms with Gasteiger partial charge in [0.15, 0.2) is 0 Å². The molecule has 148 valence electrons. The van der Waals surface area contributed by atoms with Gasteiger partial charge in [-0.1, -0.05) is 51.0 Å². The van der Waals surface area contributed by atoms with Crippen molar-refractivity contribution < 1.29 is 9.59 Å². The fraction of sp³-hybridized carbons (Fsp3) is 0.200. The maximum absolute atomic E-state index is 13.0. The zero-order chi connectivity index (χ0) is 20.5. The standard InChI is InChI=1S/C20H16BrClN4O2S/c1-25(20-24-23-18(29-20)12-2-4-14(21)5-3-12)19(28)13-10-17(27)26(11-13)16-8-6-15(22)7-9-16/h2-9,13H,10-11H2,1H3.